The fraction of sp³-hybridized carbons (Fsp3) is 0.0938. The van der Waals surface area contributed by atoms with Gasteiger partial charge in [0.15, 0.2) is 5.78 Å². The van der Waals surface area contributed by atoms with Gasteiger partial charge in [0.05, 0.1) is 4.90 Å². The molecule has 1 atom stereocenters. The van der Waals surface area contributed by atoms with Gasteiger partial charge in [-0.3, -0.25) is 9.52 Å². The highest BCUT2D eigenvalue weighted by molar-refractivity contribution is 7.92. The van der Waals surface area contributed by atoms with Gasteiger partial charge in [-0.1, -0.05) is 60.7 Å². The van der Waals surface area contributed by atoms with Crippen molar-refractivity contribution in [3.05, 3.63) is 132 Å². The number of alkyl halides is 3. The fourth-order valence-electron chi connectivity index (χ4n) is 4.43. The number of rotatable bonds is 9. The summed E-state index contributed by atoms with van der Waals surface area (Å²) in [6, 6.07) is 26.3. The lowest BCUT2D eigenvalue weighted by Gasteiger charge is -2.13. The van der Waals surface area contributed by atoms with Gasteiger partial charge < -0.3 is 10.4 Å². The Morgan fingerprint density at radius 3 is 2.27 bits per heavy atom. The summed E-state index contributed by atoms with van der Waals surface area (Å²) in [5.74, 6) is -0.715. The number of aryl methyl sites for hydroxylation is 1. The highest BCUT2D eigenvalue weighted by atomic mass is 32.2. The molecule has 5 aromatic rings. The van der Waals surface area contributed by atoms with Gasteiger partial charge in [-0.05, 0) is 71.6 Å². The summed E-state index contributed by atoms with van der Waals surface area (Å²) in [6.07, 6.45) is -5.02. The maximum atomic E-state index is 13.2. The van der Waals surface area contributed by atoms with E-state index in [1.807, 2.05) is 0 Å². The van der Waals surface area contributed by atoms with E-state index in [0.717, 1.165) is 17.8 Å². The summed E-state index contributed by atoms with van der Waals surface area (Å²) in [4.78, 5) is 19.9. The van der Waals surface area contributed by atoms with Crippen molar-refractivity contribution < 1.29 is 31.5 Å². The summed E-state index contributed by atoms with van der Waals surface area (Å²) in [6.45, 7) is 1.79. The second-order valence-electron chi connectivity index (χ2n) is 9.86. The second-order valence-corrected chi connectivity index (χ2v) is 11.5. The van der Waals surface area contributed by atoms with E-state index in [9.17, 15) is 31.5 Å². The van der Waals surface area contributed by atoms with Crippen molar-refractivity contribution in [3.8, 4) is 11.1 Å². The van der Waals surface area contributed by atoms with E-state index in [0.29, 0.717) is 27.9 Å². The molecule has 0 aliphatic heterocycles. The molecule has 0 amide bonds. The molecule has 1 heterocycles. The standard InChI is InChI=1S/C32H25F3N4O4S/c1-20-16-24(18-26(17-20)37-31-36-15-14-28(38-31)32(33,34)35)23-8-5-9-27(19-23)44(42,43)39-25-12-10-22(11-13-25)30(41)29(40)21-6-3-2-4-7-21/h2-19,30,39,41H,1H3,(H,36,37,38). The van der Waals surface area contributed by atoms with E-state index in [1.54, 1.807) is 67.6 Å². The number of hydrogen-bond acceptors (Lipinski definition) is 7. The van der Waals surface area contributed by atoms with Gasteiger partial charge in [0.25, 0.3) is 10.0 Å². The lowest BCUT2D eigenvalue weighted by atomic mass is 10.00. The van der Waals surface area contributed by atoms with Crippen LogP contribution in [0.1, 0.15) is 33.3 Å². The van der Waals surface area contributed by atoms with E-state index in [2.05, 4.69) is 20.0 Å². The molecule has 3 N–H and O–H groups in total. The van der Waals surface area contributed by atoms with Crippen LogP contribution in [0.15, 0.2) is 114 Å². The third-order valence-corrected chi connectivity index (χ3v) is 7.92. The van der Waals surface area contributed by atoms with Crippen molar-refractivity contribution in [1.82, 2.24) is 9.97 Å². The first-order valence-electron chi connectivity index (χ1n) is 13.2. The molecule has 0 aliphatic rings. The normalized spacial score (nSPS) is 12.4. The highest BCUT2D eigenvalue weighted by Gasteiger charge is 2.32. The lowest BCUT2D eigenvalue weighted by Crippen LogP contribution is -2.14. The number of halogens is 3. The number of nitrogens with one attached hydrogen (secondary N) is 2. The zero-order valence-electron chi connectivity index (χ0n) is 23.1. The third kappa shape index (κ3) is 7.10. The number of aliphatic hydroxyl groups is 1. The third-order valence-electron chi connectivity index (χ3n) is 6.54. The minimum atomic E-state index is -4.62. The summed E-state index contributed by atoms with van der Waals surface area (Å²) in [5, 5.41) is 13.3. The first-order valence-corrected chi connectivity index (χ1v) is 14.7. The Morgan fingerprint density at radius 2 is 1.57 bits per heavy atom. The smallest absolute Gasteiger partial charge is 0.380 e. The Bertz CT molecular complexity index is 1920. The number of benzene rings is 4. The molecule has 0 aliphatic carbocycles. The molecule has 5 rings (SSSR count). The molecule has 1 unspecified atom stereocenters. The van der Waals surface area contributed by atoms with Gasteiger partial charge in [0.2, 0.25) is 5.95 Å². The van der Waals surface area contributed by atoms with Crippen LogP contribution in [0.3, 0.4) is 0 Å². The van der Waals surface area contributed by atoms with E-state index >= 15 is 0 Å². The number of Topliss-reactive ketones (excluding diaryl/α,β-unsaturated/α-hetero) is 1. The molecule has 12 heteroatoms. The Morgan fingerprint density at radius 1 is 0.841 bits per heavy atom. The van der Waals surface area contributed by atoms with Crippen molar-refractivity contribution in [2.75, 3.05) is 10.0 Å². The van der Waals surface area contributed by atoms with E-state index < -0.39 is 33.8 Å². The number of aliphatic hydroxyl groups excluding tert-OH is 1. The van der Waals surface area contributed by atoms with Crippen molar-refractivity contribution in [1.29, 1.82) is 0 Å². The van der Waals surface area contributed by atoms with Crippen LogP contribution in [-0.2, 0) is 16.2 Å². The van der Waals surface area contributed by atoms with E-state index in [1.165, 1.54) is 36.4 Å². The molecule has 0 saturated carbocycles. The first kappa shape index (κ1) is 30.4. The molecule has 0 spiro atoms. The van der Waals surface area contributed by atoms with Crippen LogP contribution in [0.2, 0.25) is 0 Å². The highest BCUT2D eigenvalue weighted by Crippen LogP contribution is 2.31. The second kappa shape index (κ2) is 12.3. The molecule has 8 nitrogen and oxygen atoms in total. The van der Waals surface area contributed by atoms with Gasteiger partial charge in [-0.15, -0.1) is 0 Å². The minimum Gasteiger partial charge on any atom is -0.380 e. The van der Waals surface area contributed by atoms with Gasteiger partial charge in [-0.2, -0.15) is 13.2 Å². The van der Waals surface area contributed by atoms with Gasteiger partial charge >= 0.3 is 6.18 Å². The Hall–Kier alpha value is -5.07. The van der Waals surface area contributed by atoms with Crippen LogP contribution in [0.25, 0.3) is 11.1 Å². The SMILES string of the molecule is Cc1cc(Nc2nccc(C(F)(F)F)n2)cc(-c2cccc(S(=O)(=O)Nc3ccc(C(O)C(=O)c4ccccc4)cc3)c2)c1. The topological polar surface area (TPSA) is 121 Å². The Labute approximate surface area is 251 Å². The molecule has 0 radical (unpaired) electrons. The number of ketones is 1. The number of aromatic nitrogens is 2. The lowest BCUT2D eigenvalue weighted by molar-refractivity contribution is -0.141. The quantitative estimate of drug-likeness (QED) is 0.153. The predicted octanol–water partition coefficient (Wildman–Crippen LogP) is 6.93. The van der Waals surface area contributed by atoms with Crippen LogP contribution in [0.4, 0.5) is 30.5 Å². The van der Waals surface area contributed by atoms with Gasteiger partial charge in [0, 0.05) is 23.1 Å². The van der Waals surface area contributed by atoms with Crippen LogP contribution < -0.4 is 10.0 Å². The number of anilines is 3. The molecular weight excluding hydrogens is 593 g/mol. The Kier molecular flexibility index (Phi) is 8.47. The molecule has 0 saturated heterocycles. The zero-order valence-corrected chi connectivity index (χ0v) is 23.9. The van der Waals surface area contributed by atoms with Crippen molar-refractivity contribution in [2.24, 2.45) is 0 Å². The van der Waals surface area contributed by atoms with E-state index in [4.69, 9.17) is 0 Å². The monoisotopic (exact) mass is 618 g/mol. The number of carbonyl (C=O) groups excluding carboxylic acids is 1. The molecular formula is C32H25F3N4O4S. The average molecular weight is 619 g/mol. The average Bonchev–Trinajstić information content (AvgIpc) is 3.00. The summed E-state index contributed by atoms with van der Waals surface area (Å²) < 4.78 is 68.2. The van der Waals surface area contributed by atoms with Crippen LogP contribution >= 0.6 is 0 Å². The number of nitrogens with zero attached hydrogens (tertiary/aromatic N) is 2. The fourth-order valence-corrected chi connectivity index (χ4v) is 5.53. The number of sulfonamides is 1. The van der Waals surface area contributed by atoms with Crippen molar-refractivity contribution in [2.45, 2.75) is 24.1 Å². The first-order chi connectivity index (χ1) is 20.9. The summed E-state index contributed by atoms with van der Waals surface area (Å²) >= 11 is 0. The predicted molar refractivity (Wildman–Crippen MR) is 160 cm³/mol. The maximum absolute atomic E-state index is 13.2. The van der Waals surface area contributed by atoms with Crippen LogP contribution in [-0.4, -0.2) is 29.3 Å². The Balaban J connectivity index is 1.34. The van der Waals surface area contributed by atoms with Gasteiger partial charge in [-0.25, -0.2) is 18.4 Å². The molecule has 224 valence electrons. The largest absolute Gasteiger partial charge is 0.433 e. The van der Waals surface area contributed by atoms with Gasteiger partial charge in [0.1, 0.15) is 11.8 Å². The molecule has 4 aromatic carbocycles. The summed E-state index contributed by atoms with van der Waals surface area (Å²) in [5.41, 5.74) is 2.13. The zero-order chi connectivity index (χ0) is 31.5. The van der Waals surface area contributed by atoms with Crippen LogP contribution in [0, 0.1) is 6.92 Å². The molecule has 44 heavy (non-hydrogen) atoms. The summed E-state index contributed by atoms with van der Waals surface area (Å²) in [7, 11) is -4.05. The van der Waals surface area contributed by atoms with E-state index in [-0.39, 0.29) is 16.5 Å². The van der Waals surface area contributed by atoms with Crippen LogP contribution in [0.5, 0.6) is 0 Å². The number of hydrogen-bond donors (Lipinski definition) is 3. The molecule has 0 bridgehead atoms. The minimum absolute atomic E-state index is 0.0319. The number of carbonyl (C=O) groups is 1. The van der Waals surface area contributed by atoms with Crippen molar-refractivity contribution in [3.63, 3.8) is 0 Å². The molecule has 1 aromatic heterocycles. The maximum Gasteiger partial charge on any atom is 0.433 e. The molecule has 0 fully saturated rings. The van der Waals surface area contributed by atoms with Crippen molar-refractivity contribution >= 4 is 33.1 Å².